The zero-order chi connectivity index (χ0) is 27.1. The van der Waals surface area contributed by atoms with Gasteiger partial charge in [-0.05, 0) is 54.4 Å². The summed E-state index contributed by atoms with van der Waals surface area (Å²) < 4.78 is 36.8. The number of Topliss-reactive ketones (excluding diaryl/α,β-unsaturated/α-hetero) is 1. The van der Waals surface area contributed by atoms with Crippen LogP contribution in [0.5, 0.6) is 11.5 Å². The van der Waals surface area contributed by atoms with Crippen LogP contribution in [0.3, 0.4) is 0 Å². The van der Waals surface area contributed by atoms with Gasteiger partial charge in [-0.15, -0.1) is 11.3 Å². The highest BCUT2D eigenvalue weighted by Crippen LogP contribution is 2.39. The largest absolute Gasteiger partial charge is 0.453 e. The number of carbonyl (C=O) groups is 2. The highest BCUT2D eigenvalue weighted by atomic mass is 32.1. The Kier molecular flexibility index (Phi) is 6.40. The van der Waals surface area contributed by atoms with Crippen LogP contribution in [-0.4, -0.2) is 32.8 Å². The summed E-state index contributed by atoms with van der Waals surface area (Å²) in [6.07, 6.45) is 5.51. The normalized spacial score (nSPS) is 15.3. The van der Waals surface area contributed by atoms with Crippen LogP contribution in [-0.2, 0) is 23.1 Å². The predicted molar refractivity (Wildman–Crippen MR) is 144 cm³/mol. The van der Waals surface area contributed by atoms with E-state index in [2.05, 4.69) is 9.97 Å². The Morgan fingerprint density at radius 2 is 1.90 bits per heavy atom. The molecule has 6 rings (SSSR count). The molecule has 1 unspecified atom stereocenters. The molecule has 0 spiro atoms. The van der Waals surface area contributed by atoms with Crippen LogP contribution in [0.25, 0.3) is 20.8 Å². The number of rotatable bonds is 7. The number of amides is 1. The molecule has 0 N–H and O–H groups in total. The van der Waals surface area contributed by atoms with Crippen molar-refractivity contribution in [2.45, 2.75) is 12.8 Å². The fourth-order valence-corrected chi connectivity index (χ4v) is 5.72. The van der Waals surface area contributed by atoms with Crippen molar-refractivity contribution in [2.24, 2.45) is 13.0 Å². The molecule has 7 nitrogen and oxygen atoms in total. The van der Waals surface area contributed by atoms with Crippen LogP contribution in [0.4, 0.5) is 14.5 Å². The number of aryl methyl sites for hydroxylation is 1. The van der Waals surface area contributed by atoms with Crippen LogP contribution < -0.4 is 9.64 Å². The number of benzene rings is 2. The van der Waals surface area contributed by atoms with E-state index in [4.69, 9.17) is 4.74 Å². The van der Waals surface area contributed by atoms with E-state index in [0.29, 0.717) is 30.0 Å². The molecule has 0 radical (unpaired) electrons. The van der Waals surface area contributed by atoms with E-state index in [1.54, 1.807) is 24.7 Å². The third-order valence-corrected chi connectivity index (χ3v) is 7.82. The van der Waals surface area contributed by atoms with Crippen molar-refractivity contribution in [3.05, 3.63) is 90.5 Å². The van der Waals surface area contributed by atoms with E-state index in [9.17, 15) is 14.0 Å². The van der Waals surface area contributed by atoms with Gasteiger partial charge >= 0.3 is 0 Å². The van der Waals surface area contributed by atoms with Crippen LogP contribution in [0, 0.1) is 17.6 Å². The molecule has 4 heterocycles. The number of thiophene rings is 1. The topological polar surface area (TPSA) is 77.3 Å². The van der Waals surface area contributed by atoms with E-state index in [1.807, 2.05) is 23.9 Å². The van der Waals surface area contributed by atoms with E-state index < -0.39 is 17.6 Å². The maximum absolute atomic E-state index is 15.1. The highest BCUT2D eigenvalue weighted by molar-refractivity contribution is 7.22. The summed E-state index contributed by atoms with van der Waals surface area (Å²) in [4.78, 5) is 37.0. The maximum Gasteiger partial charge on any atom is 0.237 e. The number of halogens is 2. The van der Waals surface area contributed by atoms with Crippen LogP contribution in [0.1, 0.15) is 12.0 Å². The molecule has 1 aliphatic rings. The Labute approximate surface area is 226 Å². The number of pyridine rings is 1. The molecule has 1 aliphatic heterocycles. The molecule has 5 aromatic rings. The number of anilines is 1. The van der Waals surface area contributed by atoms with E-state index in [1.165, 1.54) is 52.6 Å². The molecule has 0 aliphatic carbocycles. The Morgan fingerprint density at radius 3 is 2.64 bits per heavy atom. The first-order valence-electron chi connectivity index (χ1n) is 12.3. The quantitative estimate of drug-likeness (QED) is 0.237. The molecule has 196 valence electrons. The van der Waals surface area contributed by atoms with Gasteiger partial charge in [0.05, 0.1) is 33.0 Å². The molecule has 1 saturated heterocycles. The average Bonchev–Trinajstić information content (AvgIpc) is 3.64. The van der Waals surface area contributed by atoms with Gasteiger partial charge in [0.25, 0.3) is 0 Å². The molecule has 3 aromatic heterocycles. The van der Waals surface area contributed by atoms with Crippen LogP contribution >= 0.6 is 11.3 Å². The van der Waals surface area contributed by atoms with Gasteiger partial charge < -0.3 is 14.2 Å². The third kappa shape index (κ3) is 4.90. The molecule has 0 bridgehead atoms. The molecule has 39 heavy (non-hydrogen) atoms. The van der Waals surface area contributed by atoms with E-state index >= 15 is 4.39 Å². The monoisotopic (exact) mass is 544 g/mol. The maximum atomic E-state index is 15.1. The summed E-state index contributed by atoms with van der Waals surface area (Å²) >= 11 is 1.46. The van der Waals surface area contributed by atoms with Crippen molar-refractivity contribution in [3.8, 4) is 22.1 Å². The minimum absolute atomic E-state index is 0.0194. The second kappa shape index (κ2) is 10.0. The van der Waals surface area contributed by atoms with Crippen molar-refractivity contribution >= 4 is 38.9 Å². The lowest BCUT2D eigenvalue weighted by Gasteiger charge is -2.16. The number of ether oxygens (including phenoxy) is 1. The first-order chi connectivity index (χ1) is 18.9. The number of imidazole rings is 1. The molecular formula is C29H22F2N4O3S. The zero-order valence-electron chi connectivity index (χ0n) is 20.8. The Bertz CT molecular complexity index is 1710. The third-order valence-electron chi connectivity index (χ3n) is 6.66. The molecule has 1 atom stereocenters. The number of hydrogen-bond donors (Lipinski definition) is 0. The number of nitrogens with zero attached hydrogens (tertiary/aromatic N) is 4. The first kappa shape index (κ1) is 24.9. The second-order valence-corrected chi connectivity index (χ2v) is 10.4. The Hall–Kier alpha value is -4.44. The molecule has 2 aromatic carbocycles. The standard InChI is InChI=1S/C29H22F2N4O3S/c1-34-15-23(33-16-34)27-14-22-28(39-27)26(8-10-32-22)38-25-7-2-17(12-21(25)31)13-24(36)20-9-11-35(29(20)37)19-5-3-18(30)4-6-19/h2-8,10,12,14-16,20H,9,11,13H2,1H3. The number of hydrogen-bond acceptors (Lipinski definition) is 6. The lowest BCUT2D eigenvalue weighted by atomic mass is 9.96. The van der Waals surface area contributed by atoms with Crippen LogP contribution in [0.2, 0.25) is 0 Å². The molecule has 10 heteroatoms. The minimum Gasteiger partial charge on any atom is -0.453 e. The smallest absolute Gasteiger partial charge is 0.237 e. The van der Waals surface area contributed by atoms with Gasteiger partial charge in [0.15, 0.2) is 11.6 Å². The van der Waals surface area contributed by atoms with Gasteiger partial charge in [0, 0.05) is 44.2 Å². The van der Waals surface area contributed by atoms with Crippen molar-refractivity contribution in [1.29, 1.82) is 0 Å². The summed E-state index contributed by atoms with van der Waals surface area (Å²) in [7, 11) is 1.89. The fourth-order valence-electron chi connectivity index (χ4n) is 4.70. The number of aromatic nitrogens is 3. The first-order valence-corrected chi connectivity index (χ1v) is 13.1. The van der Waals surface area contributed by atoms with E-state index in [0.717, 1.165) is 20.8 Å². The lowest BCUT2D eigenvalue weighted by Crippen LogP contribution is -2.30. The van der Waals surface area contributed by atoms with Crippen molar-refractivity contribution in [1.82, 2.24) is 14.5 Å². The minimum atomic E-state index is -0.814. The van der Waals surface area contributed by atoms with Gasteiger partial charge in [-0.3, -0.25) is 14.6 Å². The molecule has 1 amide bonds. The average molecular weight is 545 g/mol. The van der Waals surface area contributed by atoms with Crippen LogP contribution in [0.15, 0.2) is 73.3 Å². The Morgan fingerprint density at radius 1 is 1.08 bits per heavy atom. The summed E-state index contributed by atoms with van der Waals surface area (Å²) in [6.45, 7) is 0.368. The van der Waals surface area contributed by atoms with Gasteiger partial charge in [-0.2, -0.15) is 0 Å². The van der Waals surface area contributed by atoms with Gasteiger partial charge in [0.1, 0.15) is 17.3 Å². The second-order valence-electron chi connectivity index (χ2n) is 9.38. The highest BCUT2D eigenvalue weighted by Gasteiger charge is 2.37. The van der Waals surface area contributed by atoms with Gasteiger partial charge in [0.2, 0.25) is 5.91 Å². The van der Waals surface area contributed by atoms with E-state index in [-0.39, 0.29) is 23.9 Å². The fraction of sp³-hybridized carbons (Fsp3) is 0.172. The van der Waals surface area contributed by atoms with Gasteiger partial charge in [-0.25, -0.2) is 13.8 Å². The van der Waals surface area contributed by atoms with Crippen molar-refractivity contribution < 1.29 is 23.1 Å². The number of fused-ring (bicyclic) bond motifs is 1. The lowest BCUT2D eigenvalue weighted by molar-refractivity contribution is -0.130. The molecular weight excluding hydrogens is 522 g/mol. The molecule has 0 saturated carbocycles. The SMILES string of the molecule is Cn1cnc(-c2cc3nccc(Oc4ccc(CC(=O)C5CCN(c6ccc(F)cc6)C5=O)cc4F)c3s2)c1. The summed E-state index contributed by atoms with van der Waals surface area (Å²) in [5.41, 5.74) is 2.53. The summed E-state index contributed by atoms with van der Waals surface area (Å²) in [5, 5.41) is 0. The summed E-state index contributed by atoms with van der Waals surface area (Å²) in [5.74, 6) is -1.95. The summed E-state index contributed by atoms with van der Waals surface area (Å²) in [6, 6.07) is 13.5. The van der Waals surface area contributed by atoms with Crippen molar-refractivity contribution in [2.75, 3.05) is 11.4 Å². The van der Waals surface area contributed by atoms with Crippen molar-refractivity contribution in [3.63, 3.8) is 0 Å². The zero-order valence-corrected chi connectivity index (χ0v) is 21.6. The number of ketones is 1. The van der Waals surface area contributed by atoms with Gasteiger partial charge in [-0.1, -0.05) is 6.07 Å². The number of carbonyl (C=O) groups excluding carboxylic acids is 2. The molecule has 1 fully saturated rings. The Balaban J connectivity index is 1.16. The predicted octanol–water partition coefficient (Wildman–Crippen LogP) is 5.93.